The minimum absolute atomic E-state index is 0.110. The molecule has 0 N–H and O–H groups in total. The molecule has 0 unspecified atom stereocenters. The molecule has 12 heavy (non-hydrogen) atoms. The Morgan fingerprint density at radius 1 is 0.583 bits per heavy atom. The molecule has 0 aromatic heterocycles. The number of nitrogens with zero attached hydrogens (tertiary/aromatic N) is 2. The first kappa shape index (κ1) is 23.5. The third-order valence-electron chi connectivity index (χ3n) is 0. The average Bonchev–Trinajstić information content (AvgIpc) is 1.92. The van der Waals surface area contributed by atoms with E-state index in [-0.39, 0.29) is 45.8 Å². The molecule has 0 amide bonds. The van der Waals surface area contributed by atoms with Crippen molar-refractivity contribution in [2.45, 2.75) is 18.7 Å². The van der Waals surface area contributed by atoms with E-state index in [9.17, 15) is 0 Å². The van der Waals surface area contributed by atoms with Crippen molar-refractivity contribution in [3.05, 3.63) is 10.6 Å². The summed E-state index contributed by atoms with van der Waals surface area (Å²) in [6.07, 6.45) is 0. The van der Waals surface area contributed by atoms with Gasteiger partial charge in [0.05, 0.1) is 0 Å². The van der Waals surface area contributed by atoms with Crippen LogP contribution in [0, 0.1) is 0 Å². The molecule has 4 heteroatoms. The Balaban J connectivity index is -0.0000000356. The molecule has 0 aliphatic heterocycles. The van der Waals surface area contributed by atoms with Crippen molar-refractivity contribution < 1.29 is 0 Å². The quantitative estimate of drug-likeness (QED) is 0.621. The van der Waals surface area contributed by atoms with E-state index >= 15 is 0 Å². The van der Waals surface area contributed by atoms with Gasteiger partial charge in [0.1, 0.15) is 0 Å². The van der Waals surface area contributed by atoms with Crippen LogP contribution in [-0.2, 0) is 0 Å². The maximum absolute atomic E-state index is 3.50. The first-order valence-corrected chi connectivity index (χ1v) is 17.3. The van der Waals surface area contributed by atoms with Crippen LogP contribution in [0.3, 0.4) is 0 Å². The Labute approximate surface area is 102 Å². The van der Waals surface area contributed by atoms with Crippen molar-refractivity contribution in [2.75, 3.05) is 28.2 Å². The second-order valence-electron chi connectivity index (χ2n) is 2.05. The summed E-state index contributed by atoms with van der Waals surface area (Å²) < 4.78 is 9.26. The number of hydrogen-bond donors (Lipinski definition) is 0. The standard InChI is InChI=1S/2C2H6N.4CH3.2In/c2*1-3-2;;;;;;/h2*1-2H3;4*1H3;;/q2*-1;;;;;;. The zero-order valence-corrected chi connectivity index (χ0v) is 16.6. The van der Waals surface area contributed by atoms with Crippen LogP contribution in [0.15, 0.2) is 0 Å². The molecule has 0 bridgehead atoms. The minimum atomic E-state index is 0.110. The van der Waals surface area contributed by atoms with Crippen LogP contribution < -0.4 is 0 Å². The van der Waals surface area contributed by atoms with Crippen molar-refractivity contribution in [3.63, 3.8) is 0 Å². The first-order valence-electron chi connectivity index (χ1n) is 4.10. The van der Waals surface area contributed by atoms with Gasteiger partial charge < -0.3 is 10.6 Å². The van der Waals surface area contributed by atoms with Gasteiger partial charge in [0.25, 0.3) is 0 Å². The van der Waals surface area contributed by atoms with Gasteiger partial charge in [-0.25, -0.2) is 0 Å². The second-order valence-corrected chi connectivity index (χ2v) is 8.64. The zero-order valence-electron chi connectivity index (χ0n) is 10.0. The van der Waals surface area contributed by atoms with E-state index in [1.165, 1.54) is 0 Å². The second kappa shape index (κ2) is 53.7. The van der Waals surface area contributed by atoms with Crippen LogP contribution in [-0.4, -0.2) is 74.0 Å². The molecule has 74 valence electrons. The van der Waals surface area contributed by atoms with Gasteiger partial charge in [-0.15, -0.1) is 0 Å². The van der Waals surface area contributed by atoms with Gasteiger partial charge in [-0.2, -0.15) is 28.2 Å². The summed E-state index contributed by atoms with van der Waals surface area (Å²) in [7, 11) is 7.00. The van der Waals surface area contributed by atoms with E-state index in [0.29, 0.717) is 0 Å². The van der Waals surface area contributed by atoms with Crippen molar-refractivity contribution in [3.8, 4) is 0 Å². The molecule has 0 aromatic rings. The molecule has 0 heterocycles. The van der Waals surface area contributed by atoms with Crippen LogP contribution in [0.5, 0.6) is 0 Å². The zero-order chi connectivity index (χ0) is 10.8. The average molecular weight is 378 g/mol. The summed E-state index contributed by atoms with van der Waals surface area (Å²) in [4.78, 5) is 0. The van der Waals surface area contributed by atoms with Gasteiger partial charge in [0.2, 0.25) is 0 Å². The Kier molecular flexibility index (Phi) is 105. The fourth-order valence-corrected chi connectivity index (χ4v) is 0. The Morgan fingerprint density at radius 2 is 0.583 bits per heavy atom. The third-order valence-corrected chi connectivity index (χ3v) is 0. The van der Waals surface area contributed by atoms with Gasteiger partial charge in [-0.1, -0.05) is 0 Å². The molecule has 0 aromatic carbocycles. The summed E-state index contributed by atoms with van der Waals surface area (Å²) >= 11 is 0.220. The van der Waals surface area contributed by atoms with Crippen molar-refractivity contribution in [1.29, 1.82) is 0 Å². The molecule has 0 spiro atoms. The third kappa shape index (κ3) is 481. The molecule has 0 aliphatic carbocycles. The van der Waals surface area contributed by atoms with Gasteiger partial charge in [0.15, 0.2) is 0 Å². The summed E-state index contributed by atoms with van der Waals surface area (Å²) in [5.41, 5.74) is 0. The topological polar surface area (TPSA) is 28.2 Å². The monoisotopic (exact) mass is 378 g/mol. The van der Waals surface area contributed by atoms with E-state index in [2.05, 4.69) is 29.4 Å². The molecule has 2 nitrogen and oxygen atoms in total. The summed E-state index contributed by atoms with van der Waals surface area (Å²) in [5, 5.41) is 7.00. The van der Waals surface area contributed by atoms with Crippen LogP contribution in [0.4, 0.5) is 0 Å². The van der Waals surface area contributed by atoms with Gasteiger partial charge in [-0.05, 0) is 0 Å². The normalized spacial score (nSPS) is 5.33. The Bertz CT molecular complexity index is 23.0. The van der Waals surface area contributed by atoms with E-state index in [1.54, 1.807) is 28.2 Å². The summed E-state index contributed by atoms with van der Waals surface area (Å²) in [5.74, 6) is 0. The molecular weight excluding hydrogens is 354 g/mol. The maximum atomic E-state index is 3.50. The fourth-order valence-electron chi connectivity index (χ4n) is 0. The molecular formula is C8H24In2N2-2. The molecule has 0 atom stereocenters. The summed E-state index contributed by atoms with van der Waals surface area (Å²) in [6.45, 7) is 0. The van der Waals surface area contributed by atoms with E-state index in [4.69, 9.17) is 0 Å². The van der Waals surface area contributed by atoms with Crippen molar-refractivity contribution in [2.24, 2.45) is 0 Å². The predicted octanol–water partition coefficient (Wildman–Crippen LogP) is 2.81. The molecule has 2 radical (unpaired) electrons. The van der Waals surface area contributed by atoms with Crippen molar-refractivity contribution in [1.82, 2.24) is 0 Å². The number of hydrogen-bond acceptors (Lipinski definition) is 0. The van der Waals surface area contributed by atoms with Crippen LogP contribution in [0.1, 0.15) is 0 Å². The molecule has 0 saturated heterocycles. The van der Waals surface area contributed by atoms with Gasteiger partial charge in [0, 0.05) is 0 Å². The van der Waals surface area contributed by atoms with Gasteiger partial charge >= 0.3 is 64.5 Å². The Hall–Kier alpha value is 1.66. The van der Waals surface area contributed by atoms with E-state index in [0.717, 1.165) is 0 Å². The first-order chi connectivity index (χ1) is 5.66. The molecule has 0 fully saturated rings. The SMILES string of the molecule is C[N-]C.C[N-]C.[CH3][In][CH3].[CH3][In][CH3]. The van der Waals surface area contributed by atoms with Crippen LogP contribution in [0.2, 0.25) is 18.7 Å². The van der Waals surface area contributed by atoms with E-state index in [1.807, 2.05) is 0 Å². The molecule has 0 rings (SSSR count). The number of rotatable bonds is 0. The Morgan fingerprint density at radius 3 is 0.583 bits per heavy atom. The van der Waals surface area contributed by atoms with Crippen LogP contribution >= 0.6 is 0 Å². The summed E-state index contributed by atoms with van der Waals surface area (Å²) in [6, 6.07) is 0. The predicted molar refractivity (Wildman–Crippen MR) is 65.4 cm³/mol. The fraction of sp³-hybridized carbons (Fsp3) is 1.00. The van der Waals surface area contributed by atoms with Crippen molar-refractivity contribution >= 4 is 45.8 Å². The van der Waals surface area contributed by atoms with Crippen LogP contribution in [0.25, 0.3) is 10.6 Å². The van der Waals surface area contributed by atoms with E-state index < -0.39 is 0 Å². The molecule has 0 aliphatic rings. The molecule has 0 saturated carbocycles. The van der Waals surface area contributed by atoms with Gasteiger partial charge in [-0.3, -0.25) is 0 Å².